The quantitative estimate of drug-likeness (QED) is 0.862. The van der Waals surface area contributed by atoms with Gasteiger partial charge in [-0.3, -0.25) is 4.98 Å². The first kappa shape index (κ1) is 14.2. The average Bonchev–Trinajstić information content (AvgIpc) is 2.44. The monoisotopic (exact) mass is 298 g/mol. The van der Waals surface area contributed by atoms with Crippen LogP contribution in [0.15, 0.2) is 41.6 Å². The fraction of sp³-hybridized carbons (Fsp3) is 0.308. The van der Waals surface area contributed by atoms with Gasteiger partial charge in [0.25, 0.3) is 0 Å². The van der Waals surface area contributed by atoms with Crippen molar-refractivity contribution in [3.05, 3.63) is 36.7 Å². The molecule has 0 saturated heterocycles. The van der Waals surface area contributed by atoms with Crippen LogP contribution in [0.25, 0.3) is 10.8 Å². The third-order valence-corrected chi connectivity index (χ3v) is 4.82. The van der Waals surface area contributed by atoms with Gasteiger partial charge in [0.05, 0.1) is 4.90 Å². The summed E-state index contributed by atoms with van der Waals surface area (Å²) < 4.78 is 27.2. The molecule has 0 aliphatic heterocycles. The SMILES string of the molecule is CC(CCl)CNS(=O)(=O)c1cccc2cnccc12. The number of sulfonamides is 1. The lowest BCUT2D eigenvalue weighted by molar-refractivity contribution is 0.562. The second-order valence-corrected chi connectivity index (χ2v) is 6.51. The molecule has 2 aromatic rings. The molecular formula is C13H15ClN2O2S. The summed E-state index contributed by atoms with van der Waals surface area (Å²) in [6.45, 7) is 2.22. The standard InChI is InChI=1S/C13H15ClN2O2S/c1-10(7-14)8-16-19(17,18)13-4-2-3-11-9-15-6-5-12(11)13/h2-6,9-10,16H,7-8H2,1H3. The van der Waals surface area contributed by atoms with Crippen molar-refractivity contribution >= 4 is 32.4 Å². The summed E-state index contributed by atoms with van der Waals surface area (Å²) in [5.41, 5.74) is 0. The molecule has 4 nitrogen and oxygen atoms in total. The largest absolute Gasteiger partial charge is 0.264 e. The molecule has 1 aromatic heterocycles. The van der Waals surface area contributed by atoms with E-state index in [2.05, 4.69) is 9.71 Å². The van der Waals surface area contributed by atoms with E-state index in [4.69, 9.17) is 11.6 Å². The molecule has 0 saturated carbocycles. The first-order valence-corrected chi connectivity index (χ1v) is 7.95. The average molecular weight is 299 g/mol. The highest BCUT2D eigenvalue weighted by atomic mass is 35.5. The van der Waals surface area contributed by atoms with Crippen LogP contribution in [0.1, 0.15) is 6.92 Å². The Bertz CT molecular complexity index is 668. The second-order valence-electron chi connectivity index (χ2n) is 4.46. The summed E-state index contributed by atoms with van der Waals surface area (Å²) in [5, 5.41) is 1.47. The number of alkyl halides is 1. The Morgan fingerprint density at radius 1 is 1.37 bits per heavy atom. The van der Waals surface area contributed by atoms with Gasteiger partial charge in [0.15, 0.2) is 0 Å². The fourth-order valence-electron chi connectivity index (χ4n) is 1.71. The molecule has 1 unspecified atom stereocenters. The van der Waals surface area contributed by atoms with Crippen molar-refractivity contribution in [1.82, 2.24) is 9.71 Å². The zero-order valence-electron chi connectivity index (χ0n) is 10.5. The highest BCUT2D eigenvalue weighted by molar-refractivity contribution is 7.89. The maximum Gasteiger partial charge on any atom is 0.241 e. The zero-order chi connectivity index (χ0) is 13.9. The Hall–Kier alpha value is -1.17. The third-order valence-electron chi connectivity index (χ3n) is 2.82. The van der Waals surface area contributed by atoms with E-state index < -0.39 is 10.0 Å². The van der Waals surface area contributed by atoms with Crippen molar-refractivity contribution in [2.24, 2.45) is 5.92 Å². The molecular weight excluding hydrogens is 284 g/mol. The van der Waals surface area contributed by atoms with E-state index in [-0.39, 0.29) is 10.8 Å². The summed E-state index contributed by atoms with van der Waals surface area (Å²) in [5.74, 6) is 0.509. The molecule has 6 heteroatoms. The Labute approximate surface area is 117 Å². The van der Waals surface area contributed by atoms with Gasteiger partial charge in [0, 0.05) is 35.6 Å². The fourth-order valence-corrected chi connectivity index (χ4v) is 3.21. The third kappa shape index (κ3) is 3.23. The van der Waals surface area contributed by atoms with E-state index in [1.165, 1.54) is 0 Å². The summed E-state index contributed by atoms with van der Waals surface area (Å²) in [6.07, 6.45) is 3.23. The van der Waals surface area contributed by atoms with Crippen molar-refractivity contribution in [2.75, 3.05) is 12.4 Å². The van der Waals surface area contributed by atoms with Crippen LogP contribution in [0.3, 0.4) is 0 Å². The number of nitrogens with zero attached hydrogens (tertiary/aromatic N) is 1. The minimum absolute atomic E-state index is 0.0908. The number of rotatable bonds is 5. The Morgan fingerprint density at radius 2 is 2.16 bits per heavy atom. The van der Waals surface area contributed by atoms with Crippen LogP contribution in [0, 0.1) is 5.92 Å². The second kappa shape index (κ2) is 5.86. The van der Waals surface area contributed by atoms with Crippen LogP contribution in [-0.2, 0) is 10.0 Å². The highest BCUT2D eigenvalue weighted by Crippen LogP contribution is 2.21. The van der Waals surface area contributed by atoms with Crippen molar-refractivity contribution < 1.29 is 8.42 Å². The molecule has 0 amide bonds. The van der Waals surface area contributed by atoms with Crippen LogP contribution >= 0.6 is 11.6 Å². The highest BCUT2D eigenvalue weighted by Gasteiger charge is 2.17. The molecule has 0 bridgehead atoms. The van der Waals surface area contributed by atoms with Crippen LogP contribution < -0.4 is 4.72 Å². The predicted octanol–water partition coefficient (Wildman–Crippen LogP) is 2.39. The Balaban J connectivity index is 2.38. The molecule has 0 aliphatic carbocycles. The van der Waals surface area contributed by atoms with Gasteiger partial charge in [-0.2, -0.15) is 0 Å². The van der Waals surface area contributed by atoms with Gasteiger partial charge in [-0.05, 0) is 18.1 Å². The molecule has 102 valence electrons. The predicted molar refractivity (Wildman–Crippen MR) is 76.8 cm³/mol. The van der Waals surface area contributed by atoms with Gasteiger partial charge in [-0.1, -0.05) is 19.1 Å². The van der Waals surface area contributed by atoms with Crippen molar-refractivity contribution in [2.45, 2.75) is 11.8 Å². The number of nitrogens with one attached hydrogen (secondary N) is 1. The van der Waals surface area contributed by atoms with E-state index in [0.29, 0.717) is 17.8 Å². The normalized spacial score (nSPS) is 13.6. The lowest BCUT2D eigenvalue weighted by Crippen LogP contribution is -2.29. The van der Waals surface area contributed by atoms with Gasteiger partial charge in [0.2, 0.25) is 10.0 Å². The summed E-state index contributed by atoms with van der Waals surface area (Å²) in [7, 11) is -3.53. The topological polar surface area (TPSA) is 59.1 Å². The lowest BCUT2D eigenvalue weighted by Gasteiger charge is -2.11. The van der Waals surface area contributed by atoms with Gasteiger partial charge in [-0.25, -0.2) is 13.1 Å². The Kier molecular flexibility index (Phi) is 4.39. The van der Waals surface area contributed by atoms with Crippen molar-refractivity contribution in [3.63, 3.8) is 0 Å². The van der Waals surface area contributed by atoms with Crippen LogP contribution in [0.2, 0.25) is 0 Å². The molecule has 0 spiro atoms. The van der Waals surface area contributed by atoms with E-state index in [1.807, 2.05) is 13.0 Å². The first-order chi connectivity index (χ1) is 9.04. The number of aromatic nitrogens is 1. The first-order valence-electron chi connectivity index (χ1n) is 5.93. The van der Waals surface area contributed by atoms with Crippen molar-refractivity contribution in [3.8, 4) is 0 Å². The minimum Gasteiger partial charge on any atom is -0.264 e. The maximum absolute atomic E-state index is 12.3. The zero-order valence-corrected chi connectivity index (χ0v) is 12.1. The smallest absolute Gasteiger partial charge is 0.241 e. The number of halogens is 1. The molecule has 19 heavy (non-hydrogen) atoms. The number of benzene rings is 1. The van der Waals surface area contributed by atoms with Gasteiger partial charge >= 0.3 is 0 Å². The molecule has 1 heterocycles. The minimum atomic E-state index is -3.53. The molecule has 0 aliphatic rings. The van der Waals surface area contributed by atoms with E-state index in [9.17, 15) is 8.42 Å². The van der Waals surface area contributed by atoms with Gasteiger partial charge in [0.1, 0.15) is 0 Å². The summed E-state index contributed by atoms with van der Waals surface area (Å²) >= 11 is 5.68. The number of hydrogen-bond acceptors (Lipinski definition) is 3. The van der Waals surface area contributed by atoms with Crippen molar-refractivity contribution in [1.29, 1.82) is 0 Å². The maximum atomic E-state index is 12.3. The number of hydrogen-bond donors (Lipinski definition) is 1. The van der Waals surface area contributed by atoms with Gasteiger partial charge in [-0.15, -0.1) is 11.6 Å². The van der Waals surface area contributed by atoms with E-state index >= 15 is 0 Å². The number of pyridine rings is 1. The lowest BCUT2D eigenvalue weighted by atomic mass is 10.2. The van der Waals surface area contributed by atoms with Crippen LogP contribution in [0.4, 0.5) is 0 Å². The molecule has 0 radical (unpaired) electrons. The van der Waals surface area contributed by atoms with Gasteiger partial charge < -0.3 is 0 Å². The van der Waals surface area contributed by atoms with E-state index in [0.717, 1.165) is 5.39 Å². The molecule has 1 N–H and O–H groups in total. The Morgan fingerprint density at radius 3 is 2.89 bits per heavy atom. The van der Waals surface area contributed by atoms with Crippen LogP contribution in [0.5, 0.6) is 0 Å². The molecule has 1 atom stereocenters. The summed E-state index contributed by atoms with van der Waals surface area (Å²) in [6, 6.07) is 6.84. The summed E-state index contributed by atoms with van der Waals surface area (Å²) in [4.78, 5) is 4.26. The van der Waals surface area contributed by atoms with E-state index in [1.54, 1.807) is 30.6 Å². The molecule has 0 fully saturated rings. The van der Waals surface area contributed by atoms with Crippen LogP contribution in [-0.4, -0.2) is 25.8 Å². The number of fused-ring (bicyclic) bond motifs is 1. The molecule has 1 aromatic carbocycles. The molecule has 2 rings (SSSR count).